The maximum absolute atomic E-state index is 12.2. The molecule has 1 heterocycles. The van der Waals surface area contributed by atoms with Crippen molar-refractivity contribution in [2.24, 2.45) is 7.05 Å². The lowest BCUT2D eigenvalue weighted by molar-refractivity contribution is 0.370. The quantitative estimate of drug-likeness (QED) is 0.527. The Morgan fingerprint density at radius 3 is 2.68 bits per heavy atom. The molecule has 0 saturated carbocycles. The average molecular weight is 452 g/mol. The zero-order valence-corrected chi connectivity index (χ0v) is 14.8. The Bertz CT molecular complexity index is 899. The van der Waals surface area contributed by atoms with Crippen molar-refractivity contribution in [3.8, 4) is 23.8 Å². The summed E-state index contributed by atoms with van der Waals surface area (Å²) in [5.74, 6) is 2.57. The molecule has 1 aromatic carbocycles. The third-order valence-corrected chi connectivity index (χ3v) is 3.95. The Morgan fingerprint density at radius 1 is 1.36 bits per heavy atom. The van der Waals surface area contributed by atoms with E-state index in [9.17, 15) is 9.59 Å². The van der Waals surface area contributed by atoms with Gasteiger partial charge in [-0.25, -0.2) is 4.79 Å². The standard InChI is InChI=1S/C13H8Cl2IN3O3/c1-3-4-22-10-6-9(7(14)5-8(10)15)19-13(21)18(2)12(20)11(16)17-19/h1,5-6H,4H2,2H3. The Kier molecular flexibility index (Phi) is 5.16. The second-order valence-corrected chi connectivity index (χ2v) is 5.91. The SMILES string of the molecule is C#CCOc1cc(-n2nc(I)c(=O)n(C)c2=O)c(Cl)cc1Cl. The lowest BCUT2D eigenvalue weighted by Gasteiger charge is -2.12. The van der Waals surface area contributed by atoms with Crippen LogP contribution >= 0.6 is 45.8 Å². The summed E-state index contributed by atoms with van der Waals surface area (Å²) in [4.78, 5) is 23.9. The molecule has 1 aromatic heterocycles. The van der Waals surface area contributed by atoms with Gasteiger partial charge in [0, 0.05) is 13.1 Å². The maximum Gasteiger partial charge on any atom is 0.352 e. The largest absolute Gasteiger partial charge is 0.479 e. The molecule has 9 heteroatoms. The van der Waals surface area contributed by atoms with Crippen molar-refractivity contribution in [2.75, 3.05) is 6.61 Å². The fourth-order valence-corrected chi connectivity index (χ4v) is 2.70. The highest BCUT2D eigenvalue weighted by atomic mass is 127. The van der Waals surface area contributed by atoms with E-state index in [2.05, 4.69) is 11.0 Å². The van der Waals surface area contributed by atoms with Crippen LogP contribution in [0, 0.1) is 16.0 Å². The summed E-state index contributed by atoms with van der Waals surface area (Å²) in [6, 6.07) is 2.85. The molecule has 0 aliphatic rings. The Hall–Kier alpha value is -1.50. The first-order chi connectivity index (χ1) is 10.4. The highest BCUT2D eigenvalue weighted by Crippen LogP contribution is 2.32. The van der Waals surface area contributed by atoms with Gasteiger partial charge in [-0.3, -0.25) is 9.36 Å². The lowest BCUT2D eigenvalue weighted by Crippen LogP contribution is -2.40. The van der Waals surface area contributed by atoms with E-state index < -0.39 is 11.2 Å². The van der Waals surface area contributed by atoms with Gasteiger partial charge in [0.2, 0.25) is 0 Å². The van der Waals surface area contributed by atoms with E-state index in [0.29, 0.717) is 0 Å². The van der Waals surface area contributed by atoms with Crippen LogP contribution in [0.15, 0.2) is 21.7 Å². The first-order valence-corrected chi connectivity index (χ1v) is 7.61. The van der Waals surface area contributed by atoms with Crippen LogP contribution in [0.4, 0.5) is 0 Å². The van der Waals surface area contributed by atoms with Gasteiger partial charge in [-0.1, -0.05) is 29.1 Å². The Morgan fingerprint density at radius 2 is 2.05 bits per heavy atom. The topological polar surface area (TPSA) is 66.1 Å². The van der Waals surface area contributed by atoms with E-state index in [1.807, 2.05) is 0 Å². The summed E-state index contributed by atoms with van der Waals surface area (Å²) >= 11 is 13.9. The molecule has 2 rings (SSSR count). The van der Waals surface area contributed by atoms with Gasteiger partial charge in [-0.05, 0) is 28.7 Å². The van der Waals surface area contributed by atoms with Gasteiger partial charge in [0.05, 0.1) is 15.7 Å². The second kappa shape index (κ2) is 6.73. The van der Waals surface area contributed by atoms with Crippen LogP contribution in [-0.4, -0.2) is 21.0 Å². The van der Waals surface area contributed by atoms with Crippen molar-refractivity contribution in [1.82, 2.24) is 14.3 Å². The number of aromatic nitrogens is 3. The molecule has 0 fully saturated rings. The molecule has 22 heavy (non-hydrogen) atoms. The number of hydrogen-bond acceptors (Lipinski definition) is 4. The van der Waals surface area contributed by atoms with Gasteiger partial charge in [-0.2, -0.15) is 9.78 Å². The number of ether oxygens (including phenoxy) is 1. The van der Waals surface area contributed by atoms with Gasteiger partial charge in [-0.15, -0.1) is 6.42 Å². The van der Waals surface area contributed by atoms with E-state index in [4.69, 9.17) is 34.4 Å². The molecule has 114 valence electrons. The molecule has 2 aromatic rings. The molecule has 0 bridgehead atoms. The molecule has 0 saturated heterocycles. The van der Waals surface area contributed by atoms with E-state index in [-0.39, 0.29) is 31.8 Å². The highest BCUT2D eigenvalue weighted by molar-refractivity contribution is 14.1. The minimum atomic E-state index is -0.641. The van der Waals surface area contributed by atoms with Crippen molar-refractivity contribution in [1.29, 1.82) is 0 Å². The van der Waals surface area contributed by atoms with Crippen molar-refractivity contribution in [3.63, 3.8) is 0 Å². The van der Waals surface area contributed by atoms with Crippen LogP contribution < -0.4 is 16.0 Å². The number of benzene rings is 1. The van der Waals surface area contributed by atoms with Crippen LogP contribution in [-0.2, 0) is 7.05 Å². The van der Waals surface area contributed by atoms with E-state index in [1.54, 1.807) is 22.6 Å². The van der Waals surface area contributed by atoms with Crippen molar-refractivity contribution >= 4 is 45.8 Å². The molecule has 0 aliphatic carbocycles. The fourth-order valence-electron chi connectivity index (χ4n) is 1.61. The summed E-state index contributed by atoms with van der Waals surface area (Å²) in [6.45, 7) is 0.00787. The molecule has 6 nitrogen and oxygen atoms in total. The van der Waals surface area contributed by atoms with Crippen molar-refractivity contribution in [3.05, 3.63) is 46.7 Å². The smallest absolute Gasteiger partial charge is 0.352 e. The van der Waals surface area contributed by atoms with Crippen LogP contribution in [0.25, 0.3) is 5.69 Å². The second-order valence-electron chi connectivity index (χ2n) is 4.08. The van der Waals surface area contributed by atoms with Gasteiger partial charge in [0.15, 0.2) is 3.70 Å². The normalized spacial score (nSPS) is 10.3. The predicted molar refractivity (Wildman–Crippen MR) is 92.1 cm³/mol. The number of terminal acetylenes is 1. The fraction of sp³-hybridized carbons (Fsp3) is 0.154. The average Bonchev–Trinajstić information content (AvgIpc) is 2.48. The number of hydrogen-bond donors (Lipinski definition) is 0. The monoisotopic (exact) mass is 451 g/mol. The Balaban J connectivity index is 2.71. The minimum absolute atomic E-state index is 0.00787. The van der Waals surface area contributed by atoms with Gasteiger partial charge >= 0.3 is 5.69 Å². The molecule has 0 aliphatic heterocycles. The molecular weight excluding hydrogens is 444 g/mol. The number of rotatable bonds is 3. The minimum Gasteiger partial charge on any atom is -0.479 e. The third-order valence-electron chi connectivity index (χ3n) is 2.68. The summed E-state index contributed by atoms with van der Waals surface area (Å²) in [5, 5.41) is 4.38. The molecule has 0 N–H and O–H groups in total. The van der Waals surface area contributed by atoms with E-state index >= 15 is 0 Å². The molecule has 0 amide bonds. The van der Waals surface area contributed by atoms with Crippen molar-refractivity contribution in [2.45, 2.75) is 0 Å². The first-order valence-electron chi connectivity index (χ1n) is 5.78. The number of halogens is 3. The van der Waals surface area contributed by atoms with Crippen LogP contribution in [0.1, 0.15) is 0 Å². The van der Waals surface area contributed by atoms with Gasteiger partial charge in [0.25, 0.3) is 5.56 Å². The summed E-state index contributed by atoms with van der Waals surface area (Å²) in [5.41, 5.74) is -0.898. The molecular formula is C13H8Cl2IN3O3. The van der Waals surface area contributed by atoms with Gasteiger partial charge < -0.3 is 4.74 Å². The highest BCUT2D eigenvalue weighted by Gasteiger charge is 2.15. The van der Waals surface area contributed by atoms with Crippen LogP contribution in [0.2, 0.25) is 10.0 Å². The first kappa shape index (κ1) is 16.9. The van der Waals surface area contributed by atoms with E-state index in [1.165, 1.54) is 19.2 Å². The van der Waals surface area contributed by atoms with E-state index in [0.717, 1.165) is 9.25 Å². The van der Waals surface area contributed by atoms with Crippen molar-refractivity contribution < 1.29 is 4.74 Å². The predicted octanol–water partition coefficient (Wildman–Crippen LogP) is 1.85. The zero-order valence-electron chi connectivity index (χ0n) is 11.1. The molecule has 0 radical (unpaired) electrons. The molecule has 0 atom stereocenters. The number of nitrogens with zero attached hydrogens (tertiary/aromatic N) is 3. The Labute approximate surface area is 148 Å². The summed E-state index contributed by atoms with van der Waals surface area (Å²) < 4.78 is 7.35. The van der Waals surface area contributed by atoms with Crippen LogP contribution in [0.3, 0.4) is 0 Å². The third kappa shape index (κ3) is 3.14. The van der Waals surface area contributed by atoms with Crippen LogP contribution in [0.5, 0.6) is 5.75 Å². The molecule has 0 spiro atoms. The maximum atomic E-state index is 12.2. The summed E-state index contributed by atoms with van der Waals surface area (Å²) in [6.07, 6.45) is 5.14. The lowest BCUT2D eigenvalue weighted by atomic mass is 10.3. The van der Waals surface area contributed by atoms with Gasteiger partial charge in [0.1, 0.15) is 12.4 Å². The molecule has 0 unspecified atom stereocenters. The zero-order chi connectivity index (χ0) is 16.4. The summed E-state index contributed by atoms with van der Waals surface area (Å²) in [7, 11) is 1.35.